The largest absolute Gasteiger partial charge is 0.494 e. The maximum Gasteiger partial charge on any atom is 0.270 e. The van der Waals surface area contributed by atoms with Crippen molar-refractivity contribution in [1.29, 1.82) is 0 Å². The number of rotatable bonds is 6. The average molecular weight is 273 g/mol. The van der Waals surface area contributed by atoms with Crippen molar-refractivity contribution in [2.45, 2.75) is 13.3 Å². The van der Waals surface area contributed by atoms with E-state index >= 15 is 0 Å². The summed E-state index contributed by atoms with van der Waals surface area (Å²) in [7, 11) is 0. The van der Waals surface area contributed by atoms with Gasteiger partial charge in [0.2, 0.25) is 0 Å². The summed E-state index contributed by atoms with van der Waals surface area (Å²) in [5, 5.41) is 13.7. The van der Waals surface area contributed by atoms with Crippen molar-refractivity contribution >= 4 is 18.1 Å². The van der Waals surface area contributed by atoms with E-state index in [-0.39, 0.29) is 11.9 Å². The number of tetrazole rings is 1. The lowest BCUT2D eigenvalue weighted by molar-refractivity contribution is 0.102. The van der Waals surface area contributed by atoms with Crippen LogP contribution in [-0.4, -0.2) is 32.7 Å². The number of carbonyl (C=O) groups is 1. The molecule has 20 heavy (non-hydrogen) atoms. The second-order valence-corrected chi connectivity index (χ2v) is 3.94. The van der Waals surface area contributed by atoms with Gasteiger partial charge in [0.05, 0.1) is 6.61 Å². The summed E-state index contributed by atoms with van der Waals surface area (Å²) in [6.07, 6.45) is 2.31. The molecular formula is C13H15N5O2. The Balaban J connectivity index is 1.99. The molecule has 1 aromatic carbocycles. The number of carbonyl (C=O) groups excluding carboxylic acids is 1. The lowest BCUT2D eigenvalue weighted by Crippen LogP contribution is -2.13. The third kappa shape index (κ3) is 3.41. The Morgan fingerprint density at radius 2 is 2.20 bits per heavy atom. The molecule has 104 valence electrons. The Morgan fingerprint density at radius 1 is 1.45 bits per heavy atom. The Kier molecular flexibility index (Phi) is 4.43. The quantitative estimate of drug-likeness (QED) is 0.868. The molecule has 0 saturated heterocycles. The van der Waals surface area contributed by atoms with Crippen LogP contribution in [0.1, 0.15) is 23.7 Å². The van der Waals surface area contributed by atoms with Gasteiger partial charge < -0.3 is 4.74 Å². The van der Waals surface area contributed by atoms with Crippen LogP contribution in [0.25, 0.3) is 6.20 Å². The van der Waals surface area contributed by atoms with Crippen LogP contribution in [-0.2, 0) is 0 Å². The van der Waals surface area contributed by atoms with Crippen molar-refractivity contribution < 1.29 is 9.53 Å². The summed E-state index contributed by atoms with van der Waals surface area (Å²) in [5.74, 6) is 0.552. The first-order valence-electron chi connectivity index (χ1n) is 6.19. The molecule has 7 heteroatoms. The van der Waals surface area contributed by atoms with Crippen molar-refractivity contribution in [3.63, 3.8) is 0 Å². The number of nitrogens with one attached hydrogen (secondary N) is 1. The second-order valence-electron chi connectivity index (χ2n) is 3.94. The molecule has 2 rings (SSSR count). The molecular weight excluding hydrogens is 258 g/mol. The van der Waals surface area contributed by atoms with Crippen molar-refractivity contribution in [1.82, 2.24) is 20.2 Å². The molecule has 1 amide bonds. The maximum atomic E-state index is 11.9. The molecule has 1 heterocycles. The molecule has 1 aromatic heterocycles. The van der Waals surface area contributed by atoms with Gasteiger partial charge in [-0.1, -0.05) is 18.6 Å². The minimum absolute atomic E-state index is 0.126. The molecule has 1 N–H and O–H groups in total. The molecule has 0 spiro atoms. The van der Waals surface area contributed by atoms with Gasteiger partial charge in [0.15, 0.2) is 0 Å². The molecule has 0 fully saturated rings. The molecule has 0 saturated carbocycles. The summed E-state index contributed by atoms with van der Waals surface area (Å²) in [5.41, 5.74) is 0.490. The smallest absolute Gasteiger partial charge is 0.270 e. The highest BCUT2D eigenvalue weighted by atomic mass is 16.5. The fourth-order valence-corrected chi connectivity index (χ4v) is 1.45. The summed E-state index contributed by atoms with van der Waals surface area (Å²) in [6, 6.07) is 6.85. The van der Waals surface area contributed by atoms with Crippen LogP contribution in [0.5, 0.6) is 5.75 Å². The Labute approximate surface area is 116 Å². The minimum atomic E-state index is -0.310. The highest BCUT2D eigenvalue weighted by molar-refractivity contribution is 6.03. The Morgan fingerprint density at radius 3 is 2.80 bits per heavy atom. The van der Waals surface area contributed by atoms with Gasteiger partial charge in [0, 0.05) is 11.8 Å². The molecule has 0 bridgehead atoms. The first-order valence-corrected chi connectivity index (χ1v) is 6.19. The first-order chi connectivity index (χ1) is 9.72. The second kappa shape index (κ2) is 6.46. The van der Waals surface area contributed by atoms with Gasteiger partial charge in [0.1, 0.15) is 5.75 Å². The summed E-state index contributed by atoms with van der Waals surface area (Å²) >= 11 is 0. The van der Waals surface area contributed by atoms with Gasteiger partial charge in [-0.05, 0) is 35.9 Å². The number of aromatic nitrogens is 4. The number of hydrogen-bond donors (Lipinski definition) is 1. The first kappa shape index (κ1) is 13.7. The predicted molar refractivity (Wildman–Crippen MR) is 74.4 cm³/mol. The van der Waals surface area contributed by atoms with E-state index in [1.165, 1.54) is 6.20 Å². The Hall–Kier alpha value is -2.70. The van der Waals surface area contributed by atoms with Gasteiger partial charge in [-0.3, -0.25) is 10.1 Å². The molecule has 0 aliphatic heterocycles. The number of anilines is 1. The van der Waals surface area contributed by atoms with E-state index in [1.54, 1.807) is 24.3 Å². The third-order valence-electron chi connectivity index (χ3n) is 2.41. The fourth-order valence-electron chi connectivity index (χ4n) is 1.45. The minimum Gasteiger partial charge on any atom is -0.494 e. The lowest BCUT2D eigenvalue weighted by Gasteiger charge is -2.05. The van der Waals surface area contributed by atoms with Crippen molar-refractivity contribution in [3.8, 4) is 5.75 Å². The van der Waals surface area contributed by atoms with Crippen LogP contribution in [0.3, 0.4) is 0 Å². The van der Waals surface area contributed by atoms with E-state index in [2.05, 4.69) is 27.3 Å². The Bertz CT molecular complexity index is 591. The third-order valence-corrected chi connectivity index (χ3v) is 2.41. The maximum absolute atomic E-state index is 11.9. The number of hydrogen-bond acceptors (Lipinski definition) is 5. The van der Waals surface area contributed by atoms with Gasteiger partial charge in [-0.2, -0.15) is 0 Å². The number of benzene rings is 1. The lowest BCUT2D eigenvalue weighted by atomic mass is 10.2. The normalized spacial score (nSPS) is 10.1. The van der Waals surface area contributed by atoms with Crippen molar-refractivity contribution in [2.75, 3.05) is 11.9 Å². The van der Waals surface area contributed by atoms with Crippen LogP contribution in [0, 0.1) is 0 Å². The van der Waals surface area contributed by atoms with Crippen LogP contribution >= 0.6 is 0 Å². The molecule has 7 nitrogen and oxygen atoms in total. The summed E-state index contributed by atoms with van der Waals surface area (Å²) in [4.78, 5) is 13.1. The van der Waals surface area contributed by atoms with Crippen molar-refractivity contribution in [2.24, 2.45) is 0 Å². The van der Waals surface area contributed by atoms with Gasteiger partial charge >= 0.3 is 0 Å². The van der Waals surface area contributed by atoms with Crippen LogP contribution in [0.4, 0.5) is 5.95 Å². The zero-order valence-electron chi connectivity index (χ0n) is 11.1. The van der Waals surface area contributed by atoms with Crippen LogP contribution in [0.15, 0.2) is 30.8 Å². The fraction of sp³-hybridized carbons (Fsp3) is 0.231. The molecule has 2 aromatic rings. The monoisotopic (exact) mass is 273 g/mol. The van der Waals surface area contributed by atoms with E-state index in [9.17, 15) is 4.79 Å². The highest BCUT2D eigenvalue weighted by Gasteiger charge is 2.09. The highest BCUT2D eigenvalue weighted by Crippen LogP contribution is 2.13. The zero-order valence-corrected chi connectivity index (χ0v) is 11.1. The average Bonchev–Trinajstić information content (AvgIpc) is 2.93. The van der Waals surface area contributed by atoms with E-state index in [0.717, 1.165) is 17.0 Å². The van der Waals surface area contributed by atoms with Gasteiger partial charge in [-0.15, -0.1) is 9.90 Å². The van der Waals surface area contributed by atoms with Gasteiger partial charge in [-0.25, -0.2) is 0 Å². The van der Waals surface area contributed by atoms with E-state index in [4.69, 9.17) is 4.74 Å². The topological polar surface area (TPSA) is 81.9 Å². The summed E-state index contributed by atoms with van der Waals surface area (Å²) < 4.78 is 5.45. The molecule has 0 aliphatic rings. The number of nitrogens with zero attached hydrogens (tertiary/aromatic N) is 4. The molecule has 0 aliphatic carbocycles. The van der Waals surface area contributed by atoms with E-state index < -0.39 is 0 Å². The number of amides is 1. The predicted octanol–water partition coefficient (Wildman–Crippen LogP) is 1.81. The van der Waals surface area contributed by atoms with Crippen LogP contribution in [0.2, 0.25) is 0 Å². The SMILES string of the molecule is C=Cn1nnc(NC(=O)c2ccc(OCCC)cc2)n1. The van der Waals surface area contributed by atoms with E-state index in [0.29, 0.717) is 12.2 Å². The zero-order chi connectivity index (χ0) is 14.4. The van der Waals surface area contributed by atoms with E-state index in [1.807, 2.05) is 6.92 Å². The van der Waals surface area contributed by atoms with Crippen LogP contribution < -0.4 is 10.1 Å². The number of ether oxygens (including phenoxy) is 1. The molecule has 0 atom stereocenters. The molecule has 0 radical (unpaired) electrons. The van der Waals surface area contributed by atoms with Crippen molar-refractivity contribution in [3.05, 3.63) is 36.4 Å². The molecule has 0 unspecified atom stereocenters. The standard InChI is InChI=1S/C13H15N5O2/c1-3-9-20-11-7-5-10(6-8-11)12(19)14-13-15-17-18(4-2)16-13/h4-8H,2-3,9H2,1H3,(H,14,16,19). The summed E-state index contributed by atoms with van der Waals surface area (Å²) in [6.45, 7) is 6.17. The van der Waals surface area contributed by atoms with Gasteiger partial charge in [0.25, 0.3) is 11.9 Å².